The normalized spacial score (nSPS) is 12.5. The molecule has 0 spiro atoms. The topological polar surface area (TPSA) is 69.4 Å². The molecule has 1 aromatic carbocycles. The third-order valence-corrected chi connectivity index (χ3v) is 3.41. The number of ether oxygens (including phenoxy) is 1. The molecule has 1 aromatic rings. The smallest absolute Gasteiger partial charge is 0.179 e. The molecule has 0 aliphatic carbocycles. The van der Waals surface area contributed by atoms with Gasteiger partial charge in [0, 0.05) is 11.8 Å². The zero-order chi connectivity index (χ0) is 13.3. The Morgan fingerprint density at radius 1 is 1.35 bits per heavy atom. The number of methoxy groups -OCH3 is 1. The van der Waals surface area contributed by atoms with Crippen LogP contribution < -0.4 is 10.5 Å². The molecule has 0 unspecified atom stereocenters. The van der Waals surface area contributed by atoms with Crippen molar-refractivity contribution in [3.8, 4) is 5.75 Å². The van der Waals surface area contributed by atoms with E-state index in [0.717, 1.165) is 5.56 Å². The summed E-state index contributed by atoms with van der Waals surface area (Å²) in [5.41, 5.74) is 6.43. The summed E-state index contributed by atoms with van der Waals surface area (Å²) in [4.78, 5) is 0.210. The minimum absolute atomic E-state index is 0.210. The molecule has 0 amide bonds. The summed E-state index contributed by atoms with van der Waals surface area (Å²) in [5, 5.41) is 0. The van der Waals surface area contributed by atoms with Crippen LogP contribution in [0, 0.1) is 0 Å². The summed E-state index contributed by atoms with van der Waals surface area (Å²) in [5.74, 6) is 0.367. The second kappa shape index (κ2) is 4.66. The van der Waals surface area contributed by atoms with Gasteiger partial charge in [-0.25, -0.2) is 8.42 Å². The number of nitrogens with two attached hydrogens (primary N) is 1. The number of benzene rings is 1. The van der Waals surface area contributed by atoms with Crippen LogP contribution in [0.25, 0.3) is 0 Å². The highest BCUT2D eigenvalue weighted by Gasteiger charge is 2.17. The average Bonchev–Trinajstić information content (AvgIpc) is 2.13. The maximum atomic E-state index is 11.6. The molecule has 17 heavy (non-hydrogen) atoms. The molecule has 1 rings (SSSR count). The molecule has 5 heteroatoms. The first-order valence-corrected chi connectivity index (χ1v) is 7.18. The van der Waals surface area contributed by atoms with Gasteiger partial charge in [0.25, 0.3) is 0 Å². The van der Waals surface area contributed by atoms with Gasteiger partial charge in [-0.2, -0.15) is 0 Å². The first-order valence-electron chi connectivity index (χ1n) is 5.29. The van der Waals surface area contributed by atoms with E-state index in [9.17, 15) is 8.42 Å². The minimum Gasteiger partial charge on any atom is -0.495 e. The SMILES string of the molecule is COc1ccc(CC(C)(C)N)cc1S(C)(=O)=O. The van der Waals surface area contributed by atoms with Crippen molar-refractivity contribution in [3.63, 3.8) is 0 Å². The Kier molecular flexibility index (Phi) is 3.84. The molecule has 0 saturated carbocycles. The van der Waals surface area contributed by atoms with Crippen LogP contribution >= 0.6 is 0 Å². The van der Waals surface area contributed by atoms with E-state index in [0.29, 0.717) is 12.2 Å². The van der Waals surface area contributed by atoms with E-state index in [2.05, 4.69) is 0 Å². The third-order valence-electron chi connectivity index (χ3n) is 2.29. The van der Waals surface area contributed by atoms with Crippen LogP contribution in [-0.4, -0.2) is 27.3 Å². The van der Waals surface area contributed by atoms with Crippen molar-refractivity contribution in [3.05, 3.63) is 23.8 Å². The van der Waals surface area contributed by atoms with Crippen LogP contribution in [0.2, 0.25) is 0 Å². The highest BCUT2D eigenvalue weighted by atomic mass is 32.2. The monoisotopic (exact) mass is 257 g/mol. The van der Waals surface area contributed by atoms with Crippen molar-refractivity contribution in [2.45, 2.75) is 30.7 Å². The molecular formula is C12H19NO3S. The van der Waals surface area contributed by atoms with Crippen molar-refractivity contribution in [2.75, 3.05) is 13.4 Å². The highest BCUT2D eigenvalue weighted by Crippen LogP contribution is 2.26. The Balaban J connectivity index is 3.24. The molecule has 96 valence electrons. The summed E-state index contributed by atoms with van der Waals surface area (Å²) < 4.78 is 28.3. The number of rotatable bonds is 4. The van der Waals surface area contributed by atoms with Crippen LogP contribution in [0.5, 0.6) is 5.75 Å². The molecule has 0 aromatic heterocycles. The van der Waals surface area contributed by atoms with E-state index in [1.807, 2.05) is 19.9 Å². The van der Waals surface area contributed by atoms with Gasteiger partial charge in [0.2, 0.25) is 0 Å². The van der Waals surface area contributed by atoms with Crippen LogP contribution in [0.3, 0.4) is 0 Å². The maximum Gasteiger partial charge on any atom is 0.179 e. The van der Waals surface area contributed by atoms with Gasteiger partial charge in [-0.1, -0.05) is 6.07 Å². The average molecular weight is 257 g/mol. The standard InChI is InChI=1S/C12H19NO3S/c1-12(2,13)8-9-5-6-10(16-3)11(7-9)17(4,14)15/h5-7H,8,13H2,1-4H3. The molecule has 0 fully saturated rings. The van der Waals surface area contributed by atoms with Gasteiger partial charge in [0.05, 0.1) is 7.11 Å². The molecule has 0 aliphatic heterocycles. The zero-order valence-electron chi connectivity index (χ0n) is 10.6. The Labute approximate surface area is 103 Å². The van der Waals surface area contributed by atoms with Crippen molar-refractivity contribution in [1.29, 1.82) is 0 Å². The van der Waals surface area contributed by atoms with Crippen LogP contribution in [0.4, 0.5) is 0 Å². The fourth-order valence-electron chi connectivity index (χ4n) is 1.65. The lowest BCUT2D eigenvalue weighted by Crippen LogP contribution is -2.34. The van der Waals surface area contributed by atoms with E-state index in [1.54, 1.807) is 12.1 Å². The van der Waals surface area contributed by atoms with E-state index >= 15 is 0 Å². The summed E-state index contributed by atoms with van der Waals surface area (Å²) in [7, 11) is -1.83. The molecular weight excluding hydrogens is 238 g/mol. The Morgan fingerprint density at radius 3 is 2.35 bits per heavy atom. The van der Waals surface area contributed by atoms with Gasteiger partial charge in [-0.05, 0) is 38.0 Å². The molecule has 0 saturated heterocycles. The second-order valence-electron chi connectivity index (χ2n) is 4.92. The van der Waals surface area contributed by atoms with Gasteiger partial charge in [-0.3, -0.25) is 0 Å². The van der Waals surface area contributed by atoms with Gasteiger partial charge < -0.3 is 10.5 Å². The van der Waals surface area contributed by atoms with E-state index in [1.165, 1.54) is 13.4 Å². The van der Waals surface area contributed by atoms with Crippen LogP contribution in [0.1, 0.15) is 19.4 Å². The van der Waals surface area contributed by atoms with E-state index in [-0.39, 0.29) is 10.4 Å². The van der Waals surface area contributed by atoms with Crippen molar-refractivity contribution >= 4 is 9.84 Å². The van der Waals surface area contributed by atoms with Gasteiger partial charge >= 0.3 is 0 Å². The van der Waals surface area contributed by atoms with Gasteiger partial charge in [-0.15, -0.1) is 0 Å². The van der Waals surface area contributed by atoms with Gasteiger partial charge in [0.1, 0.15) is 10.6 Å². The first kappa shape index (κ1) is 14.0. The zero-order valence-corrected chi connectivity index (χ0v) is 11.5. The summed E-state index contributed by atoms with van der Waals surface area (Å²) >= 11 is 0. The Hall–Kier alpha value is -1.07. The van der Waals surface area contributed by atoms with Gasteiger partial charge in [0.15, 0.2) is 9.84 Å². The predicted octanol–water partition coefficient (Wildman–Crippen LogP) is 1.38. The molecule has 0 heterocycles. The fraction of sp³-hybridized carbons (Fsp3) is 0.500. The van der Waals surface area contributed by atoms with Crippen molar-refractivity contribution in [1.82, 2.24) is 0 Å². The predicted molar refractivity (Wildman–Crippen MR) is 68.1 cm³/mol. The summed E-state index contributed by atoms with van der Waals surface area (Å²) in [6.07, 6.45) is 1.78. The first-order chi connectivity index (χ1) is 7.63. The summed E-state index contributed by atoms with van der Waals surface area (Å²) in [6, 6.07) is 5.13. The summed E-state index contributed by atoms with van der Waals surface area (Å²) in [6.45, 7) is 3.80. The molecule has 0 radical (unpaired) electrons. The number of hydrogen-bond acceptors (Lipinski definition) is 4. The van der Waals surface area contributed by atoms with Crippen molar-refractivity contribution < 1.29 is 13.2 Å². The third kappa shape index (κ3) is 4.02. The Bertz CT molecular complexity index is 501. The van der Waals surface area contributed by atoms with Crippen LogP contribution in [0.15, 0.2) is 23.1 Å². The molecule has 2 N–H and O–H groups in total. The van der Waals surface area contributed by atoms with E-state index < -0.39 is 9.84 Å². The Morgan fingerprint density at radius 2 is 1.94 bits per heavy atom. The minimum atomic E-state index is -3.29. The molecule has 0 aliphatic rings. The second-order valence-corrected chi connectivity index (χ2v) is 6.91. The fourth-order valence-corrected chi connectivity index (χ4v) is 2.53. The van der Waals surface area contributed by atoms with E-state index in [4.69, 9.17) is 10.5 Å². The number of hydrogen-bond donors (Lipinski definition) is 1. The lowest BCUT2D eigenvalue weighted by molar-refractivity contribution is 0.402. The maximum absolute atomic E-state index is 11.6. The largest absolute Gasteiger partial charge is 0.495 e. The molecule has 4 nitrogen and oxygen atoms in total. The number of sulfone groups is 1. The molecule has 0 atom stereocenters. The lowest BCUT2D eigenvalue weighted by Gasteiger charge is -2.19. The van der Waals surface area contributed by atoms with Crippen molar-refractivity contribution in [2.24, 2.45) is 5.73 Å². The lowest BCUT2D eigenvalue weighted by atomic mass is 9.96. The highest BCUT2D eigenvalue weighted by molar-refractivity contribution is 7.90. The quantitative estimate of drug-likeness (QED) is 0.884. The van der Waals surface area contributed by atoms with Crippen LogP contribution in [-0.2, 0) is 16.3 Å². The molecule has 0 bridgehead atoms.